The van der Waals surface area contributed by atoms with Gasteiger partial charge in [-0.05, 0) is 37.5 Å². The van der Waals surface area contributed by atoms with Gasteiger partial charge in [0.2, 0.25) is 0 Å². The van der Waals surface area contributed by atoms with Gasteiger partial charge in [0, 0.05) is 32.1 Å². The Kier molecular flexibility index (Phi) is 5.35. The van der Waals surface area contributed by atoms with Crippen molar-refractivity contribution >= 4 is 44.2 Å². The average molecular weight is 467 g/mol. The molecule has 1 saturated carbocycles. The van der Waals surface area contributed by atoms with Crippen LogP contribution >= 0.6 is 11.3 Å². The third kappa shape index (κ3) is 4.25. The van der Waals surface area contributed by atoms with Gasteiger partial charge in [-0.3, -0.25) is 4.79 Å². The van der Waals surface area contributed by atoms with Crippen molar-refractivity contribution in [2.45, 2.75) is 31.3 Å². The molecule has 3 aromatic rings. The molecule has 0 spiro atoms. The Labute approximate surface area is 195 Å². The molecule has 3 aromatic heterocycles. The Morgan fingerprint density at radius 2 is 1.94 bits per heavy atom. The summed E-state index contributed by atoms with van der Waals surface area (Å²) in [5, 5.41) is 13.8. The van der Waals surface area contributed by atoms with Crippen molar-refractivity contribution in [3.8, 4) is 0 Å². The molecule has 1 amide bonds. The van der Waals surface area contributed by atoms with Gasteiger partial charge in [-0.25, -0.2) is 9.97 Å². The number of anilines is 3. The van der Waals surface area contributed by atoms with E-state index >= 15 is 0 Å². The van der Waals surface area contributed by atoms with E-state index in [-0.39, 0.29) is 12.0 Å². The average Bonchev–Trinajstić information content (AvgIpc) is 3.46. The van der Waals surface area contributed by atoms with E-state index in [0.717, 1.165) is 65.8 Å². The van der Waals surface area contributed by atoms with Gasteiger partial charge in [-0.1, -0.05) is 17.4 Å². The maximum Gasteiger partial charge on any atom is 0.274 e. The van der Waals surface area contributed by atoms with Crippen LogP contribution in [0.3, 0.4) is 0 Å². The maximum absolute atomic E-state index is 13.1. The summed E-state index contributed by atoms with van der Waals surface area (Å²) in [5.41, 5.74) is 2.76. The van der Waals surface area contributed by atoms with Crippen molar-refractivity contribution in [3.63, 3.8) is 0 Å². The summed E-state index contributed by atoms with van der Waals surface area (Å²) < 4.78 is 6.42. The second-order valence-electron chi connectivity index (χ2n) is 8.84. The van der Waals surface area contributed by atoms with E-state index in [1.54, 1.807) is 17.4 Å². The number of thiazole rings is 1. The molecule has 172 valence electrons. The number of morpholine rings is 1. The number of rotatable bonds is 5. The van der Waals surface area contributed by atoms with E-state index in [4.69, 9.17) is 14.7 Å². The van der Waals surface area contributed by atoms with Gasteiger partial charge in [-0.15, -0.1) is 0 Å². The highest BCUT2D eigenvalue weighted by atomic mass is 32.1. The smallest absolute Gasteiger partial charge is 0.274 e. The fraction of sp³-hybridized carbons (Fsp3) is 0.478. The maximum atomic E-state index is 13.1. The molecule has 0 radical (unpaired) electrons. The van der Waals surface area contributed by atoms with Gasteiger partial charge in [0.15, 0.2) is 10.8 Å². The van der Waals surface area contributed by atoms with Crippen molar-refractivity contribution in [2.24, 2.45) is 0 Å². The predicted molar refractivity (Wildman–Crippen MR) is 127 cm³/mol. The van der Waals surface area contributed by atoms with E-state index in [1.165, 1.54) is 0 Å². The first-order valence-electron chi connectivity index (χ1n) is 11.5. The molecule has 0 unspecified atom stereocenters. The predicted octanol–water partition coefficient (Wildman–Crippen LogP) is 2.62. The minimum atomic E-state index is -0.343. The van der Waals surface area contributed by atoms with Crippen LogP contribution in [0.5, 0.6) is 0 Å². The van der Waals surface area contributed by atoms with Crippen LogP contribution in [0.1, 0.15) is 41.4 Å². The molecule has 2 aliphatic heterocycles. The molecule has 5 heterocycles. The third-order valence-corrected chi connectivity index (χ3v) is 7.40. The number of β-amino-alcohol motifs (C(OH)–C–C–N with tert-alkyl or cyclic N) is 1. The van der Waals surface area contributed by atoms with Gasteiger partial charge < -0.3 is 25.0 Å². The number of carbonyl (C=O) groups excluding carboxylic acids is 1. The fourth-order valence-electron chi connectivity index (χ4n) is 4.39. The molecule has 33 heavy (non-hydrogen) atoms. The van der Waals surface area contributed by atoms with Gasteiger partial charge in [0.25, 0.3) is 5.91 Å². The van der Waals surface area contributed by atoms with E-state index in [1.807, 2.05) is 23.1 Å². The summed E-state index contributed by atoms with van der Waals surface area (Å²) in [6.07, 6.45) is 2.53. The summed E-state index contributed by atoms with van der Waals surface area (Å²) in [4.78, 5) is 31.6. The highest BCUT2D eigenvalue weighted by Crippen LogP contribution is 2.44. The molecule has 9 nitrogen and oxygen atoms in total. The van der Waals surface area contributed by atoms with Crippen LogP contribution in [0, 0.1) is 0 Å². The lowest BCUT2D eigenvalue weighted by Gasteiger charge is -2.25. The Balaban J connectivity index is 1.27. The first-order valence-corrected chi connectivity index (χ1v) is 12.3. The van der Waals surface area contributed by atoms with E-state index in [2.05, 4.69) is 15.2 Å². The minimum absolute atomic E-state index is 0.252. The number of aromatic nitrogens is 3. The van der Waals surface area contributed by atoms with Gasteiger partial charge >= 0.3 is 0 Å². The lowest BCUT2D eigenvalue weighted by atomic mass is 10.2. The fourth-order valence-corrected chi connectivity index (χ4v) is 5.39. The van der Waals surface area contributed by atoms with E-state index in [0.29, 0.717) is 37.2 Å². The molecule has 10 heteroatoms. The largest absolute Gasteiger partial charge is 0.391 e. The van der Waals surface area contributed by atoms with Crippen LogP contribution in [0.2, 0.25) is 0 Å². The lowest BCUT2D eigenvalue weighted by molar-refractivity contribution is 0.102. The lowest BCUT2D eigenvalue weighted by Crippen LogP contribution is -2.36. The Bertz CT molecular complexity index is 1190. The molecule has 6 rings (SSSR count). The summed E-state index contributed by atoms with van der Waals surface area (Å²) >= 11 is 1.60. The molecule has 3 aliphatic rings. The van der Waals surface area contributed by atoms with Crippen molar-refractivity contribution in [3.05, 3.63) is 35.7 Å². The Hall–Kier alpha value is -2.82. The zero-order chi connectivity index (χ0) is 22.4. The zero-order valence-electron chi connectivity index (χ0n) is 18.2. The topological polar surface area (TPSA) is 104 Å². The number of hydrogen-bond donors (Lipinski definition) is 2. The van der Waals surface area contributed by atoms with Gasteiger partial charge in [0.1, 0.15) is 11.5 Å². The highest BCUT2D eigenvalue weighted by molar-refractivity contribution is 7.22. The molecule has 0 bridgehead atoms. The number of nitrogens with zero attached hydrogens (tertiary/aromatic N) is 5. The number of nitrogens with one attached hydrogen (secondary N) is 1. The second-order valence-corrected chi connectivity index (χ2v) is 9.85. The van der Waals surface area contributed by atoms with Crippen LogP contribution in [-0.2, 0) is 4.74 Å². The van der Waals surface area contributed by atoms with Crippen LogP contribution < -0.4 is 15.1 Å². The van der Waals surface area contributed by atoms with E-state index in [9.17, 15) is 9.90 Å². The number of aliphatic hydroxyl groups is 1. The number of ether oxygens (including phenoxy) is 1. The van der Waals surface area contributed by atoms with Crippen LogP contribution in [0.25, 0.3) is 10.3 Å². The SMILES string of the molecule is O=C(Nc1cc2sc(N3CCOCC3)nc2nc1C1CC1)c1cccc(N2CC[C@H](O)C2)n1. The summed E-state index contributed by atoms with van der Waals surface area (Å²) in [7, 11) is 0. The van der Waals surface area contributed by atoms with Crippen LogP contribution in [-0.4, -0.2) is 71.5 Å². The second kappa shape index (κ2) is 8.51. The number of hydrogen-bond acceptors (Lipinski definition) is 9. The Morgan fingerprint density at radius 1 is 1.09 bits per heavy atom. The van der Waals surface area contributed by atoms with Crippen molar-refractivity contribution in [1.82, 2.24) is 15.0 Å². The normalized spacial score (nSPS) is 21.1. The number of fused-ring (bicyclic) bond motifs is 1. The zero-order valence-corrected chi connectivity index (χ0v) is 19.1. The first kappa shape index (κ1) is 20.8. The number of amides is 1. The monoisotopic (exact) mass is 466 g/mol. The third-order valence-electron chi connectivity index (χ3n) is 6.35. The standard InChI is InChI=1S/C23H26N6O3S/c30-15-6-7-29(13-15)19-3-1-2-16(24-19)22(31)25-17-12-18-21(26-20(17)14-4-5-14)27-23(33-18)28-8-10-32-11-9-28/h1-3,12,14-15,30H,4-11,13H2,(H,25,31)/t15-/m0/s1. The number of pyridine rings is 2. The summed E-state index contributed by atoms with van der Waals surface area (Å²) in [6, 6.07) is 7.44. The number of carbonyl (C=O) groups is 1. The van der Waals surface area contributed by atoms with Crippen molar-refractivity contribution < 1.29 is 14.6 Å². The summed E-state index contributed by atoms with van der Waals surface area (Å²) in [5.74, 6) is 0.828. The van der Waals surface area contributed by atoms with E-state index < -0.39 is 0 Å². The molecule has 0 aromatic carbocycles. The molecule has 3 fully saturated rings. The highest BCUT2D eigenvalue weighted by Gasteiger charge is 2.30. The first-order chi connectivity index (χ1) is 16.1. The summed E-state index contributed by atoms with van der Waals surface area (Å²) in [6.45, 7) is 4.36. The number of aliphatic hydroxyl groups excluding tert-OH is 1. The molecule has 1 aliphatic carbocycles. The minimum Gasteiger partial charge on any atom is -0.391 e. The molecular formula is C23H26N6O3S. The molecule has 2 saturated heterocycles. The van der Waals surface area contributed by atoms with Crippen molar-refractivity contribution in [1.29, 1.82) is 0 Å². The van der Waals surface area contributed by atoms with Crippen LogP contribution in [0.15, 0.2) is 24.3 Å². The van der Waals surface area contributed by atoms with Crippen molar-refractivity contribution in [2.75, 3.05) is 54.5 Å². The Morgan fingerprint density at radius 3 is 2.70 bits per heavy atom. The van der Waals surface area contributed by atoms with Gasteiger partial charge in [-0.2, -0.15) is 4.98 Å². The molecular weight excluding hydrogens is 440 g/mol. The quantitative estimate of drug-likeness (QED) is 0.592. The molecule has 1 atom stereocenters. The van der Waals surface area contributed by atoms with Crippen LogP contribution in [0.4, 0.5) is 16.6 Å². The molecule has 2 N–H and O–H groups in total. The van der Waals surface area contributed by atoms with Gasteiger partial charge in [0.05, 0.1) is 35.4 Å².